The van der Waals surface area contributed by atoms with Crippen LogP contribution in [0.15, 0.2) is 17.6 Å². The van der Waals surface area contributed by atoms with E-state index in [1.165, 1.54) is 29.8 Å². The molecule has 0 aliphatic heterocycles. The molecule has 0 radical (unpaired) electrons. The molecule has 124 valence electrons. The molecule has 0 spiro atoms. The van der Waals surface area contributed by atoms with E-state index >= 15 is 0 Å². The Morgan fingerprint density at radius 2 is 2.04 bits per heavy atom. The van der Waals surface area contributed by atoms with E-state index in [1.807, 2.05) is 12.4 Å². The van der Waals surface area contributed by atoms with E-state index in [9.17, 15) is 0 Å². The number of thioether (sulfide) groups is 1. The van der Waals surface area contributed by atoms with Gasteiger partial charge in [0.05, 0.1) is 5.69 Å². The molecule has 1 N–H and O–H groups in total. The highest BCUT2D eigenvalue weighted by molar-refractivity contribution is 7.99. The van der Waals surface area contributed by atoms with Gasteiger partial charge in [-0.05, 0) is 38.3 Å². The molecule has 3 rings (SSSR count). The minimum atomic E-state index is 0.560. The molecule has 0 amide bonds. The first-order chi connectivity index (χ1) is 11.2. The molecule has 0 aromatic carbocycles. The van der Waals surface area contributed by atoms with Crippen molar-refractivity contribution in [1.82, 2.24) is 25.1 Å². The van der Waals surface area contributed by atoms with Gasteiger partial charge >= 0.3 is 0 Å². The predicted molar refractivity (Wildman–Crippen MR) is 93.4 cm³/mol. The van der Waals surface area contributed by atoms with Crippen molar-refractivity contribution in [3.05, 3.63) is 34.9 Å². The number of fused-ring (bicyclic) bond motifs is 1. The highest BCUT2D eigenvalue weighted by Gasteiger charge is 2.19. The maximum absolute atomic E-state index is 4.48. The van der Waals surface area contributed by atoms with Gasteiger partial charge in [-0.1, -0.05) is 25.6 Å². The van der Waals surface area contributed by atoms with E-state index < -0.39 is 0 Å². The number of H-pyrrole nitrogens is 1. The molecular formula is C17H25N5S. The zero-order valence-corrected chi connectivity index (χ0v) is 15.0. The summed E-state index contributed by atoms with van der Waals surface area (Å²) in [6.07, 6.45) is 8.59. The van der Waals surface area contributed by atoms with Gasteiger partial charge in [-0.2, -0.15) is 5.10 Å². The van der Waals surface area contributed by atoms with Gasteiger partial charge in [0.1, 0.15) is 0 Å². The van der Waals surface area contributed by atoms with Crippen LogP contribution in [0.2, 0.25) is 0 Å². The first kappa shape index (κ1) is 16.5. The number of nitrogens with one attached hydrogen (secondary N) is 1. The van der Waals surface area contributed by atoms with Crippen molar-refractivity contribution in [3.8, 4) is 0 Å². The molecule has 2 aromatic rings. The van der Waals surface area contributed by atoms with Crippen LogP contribution in [-0.4, -0.2) is 37.4 Å². The van der Waals surface area contributed by atoms with Gasteiger partial charge in [-0.25, -0.2) is 9.97 Å². The quantitative estimate of drug-likeness (QED) is 0.623. The van der Waals surface area contributed by atoms with Gasteiger partial charge in [0.2, 0.25) is 0 Å². The smallest absolute Gasteiger partial charge is 0.187 e. The number of aromatic amines is 1. The summed E-state index contributed by atoms with van der Waals surface area (Å²) in [5, 5.41) is 9.09. The van der Waals surface area contributed by atoms with E-state index in [0.29, 0.717) is 5.25 Å². The molecule has 23 heavy (non-hydrogen) atoms. The average Bonchev–Trinajstić information content (AvgIpc) is 3.14. The lowest BCUT2D eigenvalue weighted by Crippen LogP contribution is -2.18. The summed E-state index contributed by atoms with van der Waals surface area (Å²) in [7, 11) is 2.12. The maximum atomic E-state index is 4.48. The Bertz CT molecular complexity index is 637. The lowest BCUT2D eigenvalue weighted by molar-refractivity contribution is 0.313. The van der Waals surface area contributed by atoms with Crippen LogP contribution >= 0.6 is 11.8 Å². The van der Waals surface area contributed by atoms with E-state index in [-0.39, 0.29) is 0 Å². The molecule has 1 atom stereocenters. The number of aromatic nitrogens is 4. The second kappa shape index (κ2) is 7.45. The van der Waals surface area contributed by atoms with Gasteiger partial charge in [-0.15, -0.1) is 0 Å². The van der Waals surface area contributed by atoms with Crippen LogP contribution in [0.1, 0.15) is 49.2 Å². The Morgan fingerprint density at radius 3 is 2.78 bits per heavy atom. The molecular weight excluding hydrogens is 306 g/mol. The number of nitrogens with zero attached hydrogens (tertiary/aromatic N) is 4. The van der Waals surface area contributed by atoms with Crippen molar-refractivity contribution in [2.24, 2.45) is 0 Å². The van der Waals surface area contributed by atoms with Crippen LogP contribution in [0.4, 0.5) is 0 Å². The molecule has 0 saturated carbocycles. The van der Waals surface area contributed by atoms with E-state index in [0.717, 1.165) is 36.7 Å². The van der Waals surface area contributed by atoms with Crippen LogP contribution in [0, 0.1) is 0 Å². The summed E-state index contributed by atoms with van der Waals surface area (Å²) in [6, 6.07) is 0. The SMILES string of the molecule is CC[C@@H](C)Sc1ncc(CN(C)Cc2n[nH]c3c2CCC3)cn1. The Labute approximate surface area is 142 Å². The second-order valence-corrected chi connectivity index (χ2v) is 7.77. The highest BCUT2D eigenvalue weighted by atomic mass is 32.2. The highest BCUT2D eigenvalue weighted by Crippen LogP contribution is 2.24. The van der Waals surface area contributed by atoms with Crippen LogP contribution in [0.25, 0.3) is 0 Å². The lowest BCUT2D eigenvalue weighted by Gasteiger charge is -2.16. The minimum absolute atomic E-state index is 0.560. The normalized spacial score (nSPS) is 15.1. The number of rotatable bonds is 7. The fourth-order valence-electron chi connectivity index (χ4n) is 2.89. The predicted octanol–water partition coefficient (Wildman–Crippen LogP) is 3.21. The molecule has 0 fully saturated rings. The summed E-state index contributed by atoms with van der Waals surface area (Å²) in [5.74, 6) is 0. The zero-order valence-electron chi connectivity index (χ0n) is 14.2. The Balaban J connectivity index is 1.56. The molecule has 1 aliphatic carbocycles. The molecule has 1 aliphatic rings. The topological polar surface area (TPSA) is 57.7 Å². The molecule has 6 heteroatoms. The second-order valence-electron chi connectivity index (χ2n) is 6.36. The van der Waals surface area contributed by atoms with E-state index in [2.05, 4.69) is 46.0 Å². The Kier molecular flexibility index (Phi) is 5.33. The summed E-state index contributed by atoms with van der Waals surface area (Å²) in [4.78, 5) is 11.2. The lowest BCUT2D eigenvalue weighted by atomic mass is 10.2. The van der Waals surface area contributed by atoms with Crippen molar-refractivity contribution in [3.63, 3.8) is 0 Å². The molecule has 0 unspecified atom stereocenters. The van der Waals surface area contributed by atoms with Gasteiger partial charge in [0, 0.05) is 42.0 Å². The fraction of sp³-hybridized carbons (Fsp3) is 0.588. The third-order valence-corrected chi connectivity index (χ3v) is 5.48. The number of aryl methyl sites for hydroxylation is 1. The first-order valence-corrected chi connectivity index (χ1v) is 9.24. The summed E-state index contributed by atoms with van der Waals surface area (Å²) < 4.78 is 0. The van der Waals surface area contributed by atoms with Crippen molar-refractivity contribution < 1.29 is 0 Å². The van der Waals surface area contributed by atoms with Crippen LogP contribution < -0.4 is 0 Å². The summed E-state index contributed by atoms with van der Waals surface area (Å²) >= 11 is 1.74. The number of hydrogen-bond donors (Lipinski definition) is 1. The van der Waals surface area contributed by atoms with Gasteiger partial charge in [0.15, 0.2) is 5.16 Å². The standard InChI is InChI=1S/C17H25N5S/c1-4-12(2)23-17-18-8-13(9-19-17)10-22(3)11-16-14-6-5-7-15(14)20-21-16/h8-9,12H,4-7,10-11H2,1-3H3,(H,20,21)/t12-/m1/s1. The fourth-order valence-corrected chi connectivity index (χ4v) is 3.64. The Hall–Kier alpha value is -1.40. The van der Waals surface area contributed by atoms with Crippen molar-refractivity contribution in [2.45, 2.75) is 63.0 Å². The van der Waals surface area contributed by atoms with Gasteiger partial charge in [0.25, 0.3) is 0 Å². The zero-order chi connectivity index (χ0) is 16.2. The minimum Gasteiger partial charge on any atom is -0.296 e. The summed E-state index contributed by atoms with van der Waals surface area (Å²) in [5.41, 5.74) is 5.12. The molecule has 0 bridgehead atoms. The largest absolute Gasteiger partial charge is 0.296 e. The molecule has 2 aromatic heterocycles. The van der Waals surface area contributed by atoms with Crippen LogP contribution in [0.3, 0.4) is 0 Å². The molecule has 5 nitrogen and oxygen atoms in total. The van der Waals surface area contributed by atoms with Crippen molar-refractivity contribution in [1.29, 1.82) is 0 Å². The van der Waals surface area contributed by atoms with Crippen LogP contribution in [-0.2, 0) is 25.9 Å². The van der Waals surface area contributed by atoms with Gasteiger partial charge in [-0.3, -0.25) is 10.00 Å². The van der Waals surface area contributed by atoms with Crippen molar-refractivity contribution >= 4 is 11.8 Å². The average molecular weight is 331 g/mol. The molecule has 0 saturated heterocycles. The monoisotopic (exact) mass is 331 g/mol. The first-order valence-electron chi connectivity index (χ1n) is 8.36. The third kappa shape index (κ3) is 4.12. The summed E-state index contributed by atoms with van der Waals surface area (Å²) in [6.45, 7) is 6.11. The maximum Gasteiger partial charge on any atom is 0.187 e. The van der Waals surface area contributed by atoms with Crippen LogP contribution in [0.5, 0.6) is 0 Å². The van der Waals surface area contributed by atoms with E-state index in [1.54, 1.807) is 11.8 Å². The van der Waals surface area contributed by atoms with Gasteiger partial charge < -0.3 is 0 Å². The third-order valence-electron chi connectivity index (χ3n) is 4.33. The van der Waals surface area contributed by atoms with Crippen molar-refractivity contribution in [2.75, 3.05) is 7.05 Å². The molecule has 2 heterocycles. The van der Waals surface area contributed by atoms with E-state index in [4.69, 9.17) is 0 Å². The number of hydrogen-bond acceptors (Lipinski definition) is 5. The Morgan fingerprint density at radius 1 is 1.26 bits per heavy atom.